The minimum absolute atomic E-state index is 0.158. The lowest BCUT2D eigenvalue weighted by Crippen LogP contribution is -2.13. The maximum atomic E-state index is 13.6. The van der Waals surface area contributed by atoms with Crippen molar-refractivity contribution < 1.29 is 9.18 Å². The first-order chi connectivity index (χ1) is 8.95. The number of rotatable bonds is 2. The zero-order chi connectivity index (χ0) is 14.0. The van der Waals surface area contributed by atoms with E-state index in [-0.39, 0.29) is 11.6 Å². The van der Waals surface area contributed by atoms with E-state index in [2.05, 4.69) is 37.2 Å². The molecule has 0 aliphatic heterocycles. The van der Waals surface area contributed by atoms with Gasteiger partial charge in [-0.2, -0.15) is 0 Å². The molecule has 98 valence electrons. The van der Waals surface area contributed by atoms with Crippen LogP contribution in [0.25, 0.3) is 0 Å². The van der Waals surface area contributed by atoms with Crippen LogP contribution < -0.4 is 5.32 Å². The minimum Gasteiger partial charge on any atom is -0.319 e. The van der Waals surface area contributed by atoms with Crippen LogP contribution in [0.5, 0.6) is 0 Å². The predicted molar refractivity (Wildman–Crippen MR) is 80.9 cm³/mol. The largest absolute Gasteiger partial charge is 0.319 e. The number of hydrogen-bond acceptors (Lipinski definition) is 1. The number of nitrogens with one attached hydrogen (secondary N) is 1. The lowest BCUT2D eigenvalue weighted by atomic mass is 10.1. The molecule has 2 rings (SSSR count). The Balaban J connectivity index is 2.25. The van der Waals surface area contributed by atoms with Gasteiger partial charge in [0.25, 0.3) is 5.91 Å². The maximum Gasteiger partial charge on any atom is 0.255 e. The normalized spacial score (nSPS) is 10.3. The molecular weight excluding hydrogens is 377 g/mol. The minimum atomic E-state index is -0.477. The zero-order valence-corrected chi connectivity index (χ0v) is 13.2. The Kier molecular flexibility index (Phi) is 4.37. The number of halogens is 3. The molecule has 0 spiro atoms. The summed E-state index contributed by atoms with van der Waals surface area (Å²) in [7, 11) is 0. The van der Waals surface area contributed by atoms with Crippen molar-refractivity contribution in [1.29, 1.82) is 0 Å². The van der Waals surface area contributed by atoms with Gasteiger partial charge in [0.15, 0.2) is 0 Å². The molecule has 0 atom stereocenters. The van der Waals surface area contributed by atoms with Crippen molar-refractivity contribution >= 4 is 43.5 Å². The fraction of sp³-hybridized carbons (Fsp3) is 0.0714. The highest BCUT2D eigenvalue weighted by atomic mass is 79.9. The summed E-state index contributed by atoms with van der Waals surface area (Å²) in [5.74, 6) is -0.819. The number of amides is 1. The van der Waals surface area contributed by atoms with Crippen molar-refractivity contribution in [3.8, 4) is 0 Å². The van der Waals surface area contributed by atoms with Crippen LogP contribution in [0.15, 0.2) is 45.3 Å². The zero-order valence-electron chi connectivity index (χ0n) is 10.0. The number of aryl methyl sites for hydroxylation is 1. The molecule has 2 aromatic carbocycles. The van der Waals surface area contributed by atoms with E-state index in [0.29, 0.717) is 10.0 Å². The molecule has 0 aromatic heterocycles. The van der Waals surface area contributed by atoms with Crippen LogP contribution in [-0.4, -0.2) is 5.91 Å². The van der Waals surface area contributed by atoms with E-state index in [0.717, 1.165) is 10.0 Å². The lowest BCUT2D eigenvalue weighted by molar-refractivity contribution is 0.102. The van der Waals surface area contributed by atoms with Crippen LogP contribution in [0, 0.1) is 12.7 Å². The monoisotopic (exact) mass is 385 g/mol. The van der Waals surface area contributed by atoms with E-state index in [4.69, 9.17) is 0 Å². The number of anilines is 1. The first-order valence-electron chi connectivity index (χ1n) is 5.49. The van der Waals surface area contributed by atoms with Crippen LogP contribution in [-0.2, 0) is 0 Å². The van der Waals surface area contributed by atoms with Gasteiger partial charge in [0, 0.05) is 14.5 Å². The van der Waals surface area contributed by atoms with Gasteiger partial charge in [0.2, 0.25) is 0 Å². The summed E-state index contributed by atoms with van der Waals surface area (Å²) in [4.78, 5) is 12.0. The SMILES string of the molecule is Cc1cc(Br)cc(C(=O)Nc2ccc(Br)cc2F)c1. The van der Waals surface area contributed by atoms with E-state index in [1.165, 1.54) is 12.1 Å². The van der Waals surface area contributed by atoms with E-state index in [1.54, 1.807) is 18.2 Å². The molecule has 0 aliphatic carbocycles. The van der Waals surface area contributed by atoms with Gasteiger partial charge in [-0.1, -0.05) is 31.9 Å². The van der Waals surface area contributed by atoms with Crippen LogP contribution in [0.1, 0.15) is 15.9 Å². The summed E-state index contributed by atoms with van der Waals surface area (Å²) >= 11 is 6.50. The van der Waals surface area contributed by atoms with E-state index >= 15 is 0 Å². The quantitative estimate of drug-likeness (QED) is 0.780. The topological polar surface area (TPSA) is 29.1 Å². The first kappa shape index (κ1) is 14.2. The molecule has 2 aromatic rings. The molecule has 0 saturated carbocycles. The molecule has 0 radical (unpaired) electrons. The first-order valence-corrected chi connectivity index (χ1v) is 7.08. The molecule has 0 heterocycles. The molecule has 0 fully saturated rings. The second kappa shape index (κ2) is 5.84. The molecular formula is C14H10Br2FNO. The Bertz CT molecular complexity index is 623. The Hall–Kier alpha value is -1.20. The van der Waals surface area contributed by atoms with Crippen LogP contribution in [0.3, 0.4) is 0 Å². The van der Waals surface area contributed by atoms with Crippen molar-refractivity contribution in [1.82, 2.24) is 0 Å². The summed E-state index contributed by atoms with van der Waals surface area (Å²) in [6, 6.07) is 9.84. The van der Waals surface area contributed by atoms with Gasteiger partial charge >= 0.3 is 0 Å². The average Bonchev–Trinajstić information content (AvgIpc) is 2.31. The van der Waals surface area contributed by atoms with E-state index < -0.39 is 5.82 Å². The van der Waals surface area contributed by atoms with Gasteiger partial charge in [0.05, 0.1) is 5.69 Å². The van der Waals surface area contributed by atoms with Gasteiger partial charge < -0.3 is 5.32 Å². The number of carbonyl (C=O) groups is 1. The average molecular weight is 387 g/mol. The van der Waals surface area contributed by atoms with Crippen LogP contribution >= 0.6 is 31.9 Å². The van der Waals surface area contributed by atoms with Crippen molar-refractivity contribution in [3.63, 3.8) is 0 Å². The van der Waals surface area contributed by atoms with Crippen LogP contribution in [0.4, 0.5) is 10.1 Å². The van der Waals surface area contributed by atoms with Gasteiger partial charge in [-0.05, 0) is 48.9 Å². The third-order valence-corrected chi connectivity index (χ3v) is 3.43. The highest BCUT2D eigenvalue weighted by Gasteiger charge is 2.10. The molecule has 0 unspecified atom stereocenters. The lowest BCUT2D eigenvalue weighted by Gasteiger charge is -2.08. The standard InChI is InChI=1S/C14H10Br2FNO/c1-8-4-9(6-11(16)5-8)14(19)18-13-3-2-10(15)7-12(13)17/h2-7H,1H3,(H,18,19). The van der Waals surface area contributed by atoms with Gasteiger partial charge in [-0.25, -0.2) is 4.39 Å². The van der Waals surface area contributed by atoms with Crippen molar-refractivity contribution in [2.75, 3.05) is 5.32 Å². The third-order valence-electron chi connectivity index (χ3n) is 2.48. The Labute approximate surface area is 127 Å². The molecule has 2 nitrogen and oxygen atoms in total. The smallest absolute Gasteiger partial charge is 0.255 e. The Morgan fingerprint density at radius 2 is 1.84 bits per heavy atom. The predicted octanol–water partition coefficient (Wildman–Crippen LogP) is 4.91. The van der Waals surface area contributed by atoms with E-state index in [1.807, 2.05) is 13.0 Å². The van der Waals surface area contributed by atoms with Crippen molar-refractivity contribution in [2.45, 2.75) is 6.92 Å². The maximum absolute atomic E-state index is 13.6. The van der Waals surface area contributed by atoms with Crippen molar-refractivity contribution in [3.05, 3.63) is 62.3 Å². The molecule has 19 heavy (non-hydrogen) atoms. The fourth-order valence-corrected chi connectivity index (χ4v) is 2.59. The summed E-state index contributed by atoms with van der Waals surface area (Å²) < 4.78 is 15.1. The summed E-state index contributed by atoms with van der Waals surface area (Å²) in [6.45, 7) is 1.89. The second-order valence-electron chi connectivity index (χ2n) is 4.10. The summed E-state index contributed by atoms with van der Waals surface area (Å²) in [5.41, 5.74) is 1.59. The van der Waals surface area contributed by atoms with Gasteiger partial charge in [-0.15, -0.1) is 0 Å². The Morgan fingerprint density at radius 1 is 1.11 bits per heavy atom. The molecule has 0 bridgehead atoms. The fourth-order valence-electron chi connectivity index (χ4n) is 1.65. The van der Waals surface area contributed by atoms with Gasteiger partial charge in [0.1, 0.15) is 5.82 Å². The van der Waals surface area contributed by atoms with E-state index in [9.17, 15) is 9.18 Å². The van der Waals surface area contributed by atoms with Gasteiger partial charge in [-0.3, -0.25) is 4.79 Å². The number of benzene rings is 2. The molecule has 1 amide bonds. The molecule has 0 saturated heterocycles. The highest BCUT2D eigenvalue weighted by molar-refractivity contribution is 9.10. The highest BCUT2D eigenvalue weighted by Crippen LogP contribution is 2.21. The molecule has 0 aliphatic rings. The number of carbonyl (C=O) groups excluding carboxylic acids is 1. The Morgan fingerprint density at radius 3 is 2.47 bits per heavy atom. The summed E-state index contributed by atoms with van der Waals surface area (Å²) in [5, 5.41) is 2.55. The number of hydrogen-bond donors (Lipinski definition) is 1. The molecule has 5 heteroatoms. The van der Waals surface area contributed by atoms with Crippen LogP contribution in [0.2, 0.25) is 0 Å². The third kappa shape index (κ3) is 3.64. The van der Waals surface area contributed by atoms with Crippen molar-refractivity contribution in [2.24, 2.45) is 0 Å². The second-order valence-corrected chi connectivity index (χ2v) is 5.93. The summed E-state index contributed by atoms with van der Waals surface area (Å²) in [6.07, 6.45) is 0. The molecule has 1 N–H and O–H groups in total.